The van der Waals surface area contributed by atoms with Crippen molar-refractivity contribution in [2.24, 2.45) is 0 Å². The van der Waals surface area contributed by atoms with Crippen LogP contribution in [0.3, 0.4) is 0 Å². The molecule has 0 radical (unpaired) electrons. The molecule has 2 N–H and O–H groups in total. The molecule has 1 saturated heterocycles. The number of carboxylic acids is 1. The molecule has 0 spiro atoms. The Hall–Kier alpha value is -1.85. The summed E-state index contributed by atoms with van der Waals surface area (Å²) in [5.41, 5.74) is 0.742. The van der Waals surface area contributed by atoms with E-state index >= 15 is 0 Å². The molecule has 1 aromatic heterocycles. The number of aromatic amines is 1. The van der Waals surface area contributed by atoms with Crippen molar-refractivity contribution in [2.75, 3.05) is 13.1 Å². The number of halogens is 1. The Kier molecular flexibility index (Phi) is 3.69. The molecule has 2 aromatic rings. The van der Waals surface area contributed by atoms with E-state index in [0.717, 1.165) is 18.7 Å². The van der Waals surface area contributed by atoms with Gasteiger partial charge < -0.3 is 10.1 Å². The molecule has 0 atom stereocenters. The summed E-state index contributed by atoms with van der Waals surface area (Å²) in [6, 6.07) is 4.89. The number of nitrogens with one attached hydrogen (secondary N) is 1. The van der Waals surface area contributed by atoms with E-state index < -0.39 is 11.5 Å². The van der Waals surface area contributed by atoms with Gasteiger partial charge in [0.1, 0.15) is 5.56 Å². The van der Waals surface area contributed by atoms with Crippen LogP contribution in [0.25, 0.3) is 10.9 Å². The lowest BCUT2D eigenvalue weighted by Crippen LogP contribution is -2.21. The van der Waals surface area contributed by atoms with Gasteiger partial charge in [-0.05, 0) is 49.7 Å². The molecule has 2 heterocycles. The normalized spacial score (nSPS) is 15.7. The van der Waals surface area contributed by atoms with Crippen molar-refractivity contribution in [3.05, 3.63) is 44.7 Å². The summed E-state index contributed by atoms with van der Waals surface area (Å²) in [6.45, 7) is 2.77. The van der Waals surface area contributed by atoms with Gasteiger partial charge in [0.2, 0.25) is 0 Å². The van der Waals surface area contributed by atoms with E-state index in [-0.39, 0.29) is 5.56 Å². The molecule has 5 nitrogen and oxygen atoms in total. The van der Waals surface area contributed by atoms with Crippen LogP contribution in [0.2, 0.25) is 5.02 Å². The standard InChI is InChI=1S/C15H15ClN2O3/c16-11-5-9-7-12(15(20)21)14(19)17-13(9)10(6-11)8-18-3-1-2-4-18/h5-7H,1-4,8H2,(H,17,19)(H,20,21). The number of carboxylic acid groups (broad SMARTS) is 1. The molecule has 1 fully saturated rings. The van der Waals surface area contributed by atoms with Gasteiger partial charge in [0.25, 0.3) is 5.56 Å². The lowest BCUT2D eigenvalue weighted by Gasteiger charge is -2.16. The zero-order valence-electron chi connectivity index (χ0n) is 11.4. The number of rotatable bonds is 3. The predicted molar refractivity (Wildman–Crippen MR) is 81.0 cm³/mol. The second kappa shape index (κ2) is 5.50. The highest BCUT2D eigenvalue weighted by atomic mass is 35.5. The third-order valence-electron chi connectivity index (χ3n) is 3.82. The molecule has 1 aliphatic rings. The maximum absolute atomic E-state index is 11.9. The number of aromatic nitrogens is 1. The molecule has 110 valence electrons. The van der Waals surface area contributed by atoms with Crippen LogP contribution in [0.4, 0.5) is 0 Å². The highest BCUT2D eigenvalue weighted by molar-refractivity contribution is 6.31. The summed E-state index contributed by atoms with van der Waals surface area (Å²) in [5.74, 6) is -1.24. The summed E-state index contributed by atoms with van der Waals surface area (Å²) >= 11 is 6.12. The van der Waals surface area contributed by atoms with Crippen LogP contribution < -0.4 is 5.56 Å². The van der Waals surface area contributed by atoms with Gasteiger partial charge in [-0.1, -0.05) is 11.6 Å². The van der Waals surface area contributed by atoms with E-state index in [1.807, 2.05) is 6.07 Å². The third-order valence-corrected chi connectivity index (χ3v) is 4.04. The number of carbonyl (C=O) groups is 1. The lowest BCUT2D eigenvalue weighted by molar-refractivity contribution is 0.0695. The van der Waals surface area contributed by atoms with Crippen LogP contribution in [0.1, 0.15) is 28.8 Å². The van der Waals surface area contributed by atoms with Crippen molar-refractivity contribution in [1.82, 2.24) is 9.88 Å². The quantitative estimate of drug-likeness (QED) is 0.913. The Balaban J connectivity index is 2.13. The van der Waals surface area contributed by atoms with Crippen molar-refractivity contribution in [3.8, 4) is 0 Å². The van der Waals surface area contributed by atoms with Gasteiger partial charge in [-0.15, -0.1) is 0 Å². The first-order valence-electron chi connectivity index (χ1n) is 6.86. The molecule has 21 heavy (non-hydrogen) atoms. The van der Waals surface area contributed by atoms with Crippen molar-refractivity contribution < 1.29 is 9.90 Å². The van der Waals surface area contributed by atoms with Gasteiger partial charge in [0.05, 0.1) is 5.52 Å². The number of benzene rings is 1. The fourth-order valence-corrected chi connectivity index (χ4v) is 3.07. The number of nitrogens with zero attached hydrogens (tertiary/aromatic N) is 1. The Morgan fingerprint density at radius 2 is 2.00 bits per heavy atom. The third kappa shape index (κ3) is 2.80. The highest BCUT2D eigenvalue weighted by Crippen LogP contribution is 2.24. The fourth-order valence-electron chi connectivity index (χ4n) is 2.82. The molecule has 1 aromatic carbocycles. The van der Waals surface area contributed by atoms with Gasteiger partial charge in [-0.25, -0.2) is 4.79 Å². The summed E-state index contributed by atoms with van der Waals surface area (Å²) in [4.78, 5) is 27.9. The summed E-state index contributed by atoms with van der Waals surface area (Å²) in [7, 11) is 0. The van der Waals surface area contributed by atoms with Crippen LogP contribution in [0, 0.1) is 0 Å². The Bertz CT molecular complexity index is 763. The molecule has 0 unspecified atom stereocenters. The zero-order valence-corrected chi connectivity index (χ0v) is 12.1. The molecular formula is C15H15ClN2O3. The lowest BCUT2D eigenvalue weighted by atomic mass is 10.1. The number of likely N-dealkylation sites (tertiary alicyclic amines) is 1. The Labute approximate surface area is 126 Å². The van der Waals surface area contributed by atoms with Crippen LogP contribution in [0.5, 0.6) is 0 Å². The first kappa shape index (κ1) is 14.1. The van der Waals surface area contributed by atoms with Crippen molar-refractivity contribution in [2.45, 2.75) is 19.4 Å². The first-order chi connectivity index (χ1) is 10.0. The van der Waals surface area contributed by atoms with Gasteiger partial charge >= 0.3 is 5.97 Å². The van der Waals surface area contributed by atoms with E-state index in [1.54, 1.807) is 6.07 Å². The minimum atomic E-state index is -1.24. The minimum Gasteiger partial charge on any atom is -0.477 e. The van der Waals surface area contributed by atoms with Crippen LogP contribution in [0.15, 0.2) is 23.0 Å². The maximum Gasteiger partial charge on any atom is 0.341 e. The number of H-pyrrole nitrogens is 1. The monoisotopic (exact) mass is 306 g/mol. The first-order valence-corrected chi connectivity index (χ1v) is 7.23. The SMILES string of the molecule is O=C(O)c1cc2cc(Cl)cc(CN3CCCC3)c2[nH]c1=O. The van der Waals surface area contributed by atoms with Crippen LogP contribution in [-0.2, 0) is 6.54 Å². The number of hydrogen-bond acceptors (Lipinski definition) is 3. The van der Waals surface area contributed by atoms with Crippen molar-refractivity contribution >= 4 is 28.5 Å². The Morgan fingerprint density at radius 3 is 2.67 bits per heavy atom. The molecule has 0 aliphatic carbocycles. The molecule has 0 bridgehead atoms. The summed E-state index contributed by atoms with van der Waals surface area (Å²) < 4.78 is 0. The summed E-state index contributed by atoms with van der Waals surface area (Å²) in [6.07, 6.45) is 2.36. The number of fused-ring (bicyclic) bond motifs is 1. The second-order valence-corrected chi connectivity index (χ2v) is 5.77. The largest absolute Gasteiger partial charge is 0.477 e. The minimum absolute atomic E-state index is 0.267. The van der Waals surface area contributed by atoms with E-state index in [0.29, 0.717) is 22.5 Å². The number of aromatic carboxylic acids is 1. The molecule has 6 heteroatoms. The molecule has 1 aliphatic heterocycles. The fraction of sp³-hybridized carbons (Fsp3) is 0.333. The topological polar surface area (TPSA) is 73.4 Å². The predicted octanol–water partition coefficient (Wildman–Crippen LogP) is 2.48. The molecule has 3 rings (SSSR count). The number of hydrogen-bond donors (Lipinski definition) is 2. The average Bonchev–Trinajstić information content (AvgIpc) is 2.91. The second-order valence-electron chi connectivity index (χ2n) is 5.33. The van der Waals surface area contributed by atoms with E-state index in [1.165, 1.54) is 18.9 Å². The average molecular weight is 307 g/mol. The van der Waals surface area contributed by atoms with E-state index in [2.05, 4.69) is 9.88 Å². The van der Waals surface area contributed by atoms with Gasteiger partial charge in [0, 0.05) is 17.0 Å². The van der Waals surface area contributed by atoms with Crippen LogP contribution in [-0.4, -0.2) is 34.0 Å². The van der Waals surface area contributed by atoms with E-state index in [4.69, 9.17) is 16.7 Å². The highest BCUT2D eigenvalue weighted by Gasteiger charge is 2.16. The Morgan fingerprint density at radius 1 is 1.29 bits per heavy atom. The molecular weight excluding hydrogens is 292 g/mol. The zero-order chi connectivity index (χ0) is 15.0. The van der Waals surface area contributed by atoms with Crippen LogP contribution >= 0.6 is 11.6 Å². The van der Waals surface area contributed by atoms with E-state index in [9.17, 15) is 9.59 Å². The molecule has 0 amide bonds. The van der Waals surface area contributed by atoms with Crippen molar-refractivity contribution in [3.63, 3.8) is 0 Å². The smallest absolute Gasteiger partial charge is 0.341 e. The number of pyridine rings is 1. The van der Waals surface area contributed by atoms with Gasteiger partial charge in [-0.2, -0.15) is 0 Å². The van der Waals surface area contributed by atoms with Gasteiger partial charge in [-0.3, -0.25) is 9.69 Å². The maximum atomic E-state index is 11.9. The molecule has 0 saturated carbocycles. The van der Waals surface area contributed by atoms with Crippen molar-refractivity contribution in [1.29, 1.82) is 0 Å². The summed E-state index contributed by atoms with van der Waals surface area (Å²) in [5, 5.41) is 10.2. The van der Waals surface area contributed by atoms with Gasteiger partial charge in [0.15, 0.2) is 0 Å².